The molecule has 2 atom stereocenters. The molecule has 1 N–H and O–H groups in total. The van der Waals surface area contributed by atoms with E-state index >= 15 is 0 Å². The molecule has 0 fully saturated rings. The topological polar surface area (TPSA) is 54.4 Å². The zero-order chi connectivity index (χ0) is 9.23. The van der Waals surface area contributed by atoms with Gasteiger partial charge < -0.3 is 5.11 Å². The first-order valence-corrected chi connectivity index (χ1v) is 4.61. The second-order valence-electron chi connectivity index (χ2n) is 3.39. The molecule has 0 heterocycles. The highest BCUT2D eigenvalue weighted by Crippen LogP contribution is 2.15. The fourth-order valence-electron chi connectivity index (χ4n) is 0.622. The summed E-state index contributed by atoms with van der Waals surface area (Å²) in [5.74, 6) is -1.00. The summed E-state index contributed by atoms with van der Waals surface area (Å²) in [6, 6.07) is 0. The number of carboxylic acid groups (broad SMARTS) is 1. The van der Waals surface area contributed by atoms with E-state index in [-0.39, 0.29) is 0 Å². The van der Waals surface area contributed by atoms with Crippen molar-refractivity contribution in [2.24, 2.45) is 0 Å². The molecule has 0 saturated heterocycles. The maximum atomic E-state index is 11.3. The monoisotopic (exact) mass is 178 g/mol. The Morgan fingerprint density at radius 3 is 1.91 bits per heavy atom. The molecular weight excluding hydrogens is 164 g/mol. The van der Waals surface area contributed by atoms with Crippen molar-refractivity contribution >= 4 is 16.8 Å². The van der Waals surface area contributed by atoms with Crippen molar-refractivity contribution in [2.75, 3.05) is 0 Å². The summed E-state index contributed by atoms with van der Waals surface area (Å²) in [6.07, 6.45) is 0. The van der Waals surface area contributed by atoms with Gasteiger partial charge in [0.05, 0.1) is 0 Å². The lowest BCUT2D eigenvalue weighted by Gasteiger charge is -2.20. The normalized spacial score (nSPS) is 17.5. The van der Waals surface area contributed by atoms with Crippen molar-refractivity contribution in [1.29, 1.82) is 0 Å². The van der Waals surface area contributed by atoms with Crippen LogP contribution in [0.15, 0.2) is 0 Å². The lowest BCUT2D eigenvalue weighted by atomic mass is 10.3. The molecule has 0 aromatic heterocycles. The molecule has 2 unspecified atom stereocenters. The second kappa shape index (κ2) is 3.34. The van der Waals surface area contributed by atoms with Crippen molar-refractivity contribution in [3.63, 3.8) is 0 Å². The number of carbonyl (C=O) groups is 1. The van der Waals surface area contributed by atoms with E-state index in [1.165, 1.54) is 6.92 Å². The van der Waals surface area contributed by atoms with Crippen LogP contribution >= 0.6 is 0 Å². The number of hydrogen-bond donors (Lipinski definition) is 1. The van der Waals surface area contributed by atoms with Gasteiger partial charge in [-0.3, -0.25) is 9.00 Å². The van der Waals surface area contributed by atoms with Gasteiger partial charge in [-0.2, -0.15) is 0 Å². The van der Waals surface area contributed by atoms with Gasteiger partial charge in [0.15, 0.2) is 0 Å². The first kappa shape index (κ1) is 10.6. The van der Waals surface area contributed by atoms with Gasteiger partial charge in [0, 0.05) is 15.5 Å². The zero-order valence-corrected chi connectivity index (χ0v) is 8.07. The molecule has 0 rings (SSSR count). The van der Waals surface area contributed by atoms with E-state index in [9.17, 15) is 9.00 Å². The maximum absolute atomic E-state index is 11.3. The fraction of sp³-hybridized carbons (Fsp3) is 0.857. The molecule has 0 aliphatic carbocycles. The van der Waals surface area contributed by atoms with Gasteiger partial charge in [-0.15, -0.1) is 0 Å². The minimum absolute atomic E-state index is 0.447. The van der Waals surface area contributed by atoms with Gasteiger partial charge in [0.1, 0.15) is 5.25 Å². The summed E-state index contributed by atoms with van der Waals surface area (Å²) in [4.78, 5) is 10.4. The van der Waals surface area contributed by atoms with Crippen molar-refractivity contribution in [3.8, 4) is 0 Å². The number of carboxylic acids is 1. The predicted octanol–water partition coefficient (Wildman–Crippen LogP) is 1.01. The average molecular weight is 178 g/mol. The molecule has 0 spiro atoms. The van der Waals surface area contributed by atoms with Gasteiger partial charge in [0.2, 0.25) is 0 Å². The van der Waals surface area contributed by atoms with Crippen LogP contribution in [0.5, 0.6) is 0 Å². The largest absolute Gasteiger partial charge is 0.480 e. The molecule has 0 aliphatic heterocycles. The van der Waals surface area contributed by atoms with Crippen LogP contribution in [0.2, 0.25) is 0 Å². The van der Waals surface area contributed by atoms with Crippen molar-refractivity contribution in [1.82, 2.24) is 0 Å². The van der Waals surface area contributed by atoms with E-state index in [1.54, 1.807) is 20.8 Å². The first-order chi connectivity index (χ1) is 4.76. The van der Waals surface area contributed by atoms with E-state index in [1.807, 2.05) is 0 Å². The quantitative estimate of drug-likeness (QED) is 0.686. The van der Waals surface area contributed by atoms with Gasteiger partial charge in [-0.25, -0.2) is 0 Å². The van der Waals surface area contributed by atoms with Crippen molar-refractivity contribution in [3.05, 3.63) is 0 Å². The summed E-state index contributed by atoms with van der Waals surface area (Å²) in [6.45, 7) is 6.76. The molecule has 0 saturated carbocycles. The standard InChI is InChI=1S/C7H14O3S/c1-5(6(8)9)11(10)7(2,3)4/h5H,1-4H3,(H,8,9). The smallest absolute Gasteiger partial charge is 0.318 e. The first-order valence-electron chi connectivity index (χ1n) is 3.40. The molecule has 0 aromatic rings. The molecular formula is C7H14O3S. The summed E-state index contributed by atoms with van der Waals surface area (Å²) in [5, 5.41) is 7.74. The molecule has 66 valence electrons. The summed E-state index contributed by atoms with van der Waals surface area (Å²) >= 11 is 0. The van der Waals surface area contributed by atoms with Crippen molar-refractivity contribution in [2.45, 2.75) is 37.7 Å². The van der Waals surface area contributed by atoms with Crippen LogP contribution in [0, 0.1) is 0 Å². The van der Waals surface area contributed by atoms with Crippen LogP contribution in [0.1, 0.15) is 27.7 Å². The molecule has 3 nitrogen and oxygen atoms in total. The molecule has 0 radical (unpaired) electrons. The Labute approximate surface area is 69.3 Å². The highest BCUT2D eigenvalue weighted by Gasteiger charge is 2.29. The Bertz CT molecular complexity index is 181. The predicted molar refractivity (Wildman–Crippen MR) is 45.0 cm³/mol. The Morgan fingerprint density at radius 1 is 1.45 bits per heavy atom. The van der Waals surface area contributed by atoms with Crippen LogP contribution in [0.3, 0.4) is 0 Å². The summed E-state index contributed by atoms with van der Waals surface area (Å²) in [7, 11) is -1.31. The van der Waals surface area contributed by atoms with Gasteiger partial charge >= 0.3 is 5.97 Å². The molecule has 4 heteroatoms. The number of rotatable bonds is 2. The molecule has 0 amide bonds. The second-order valence-corrected chi connectivity index (χ2v) is 5.92. The van der Waals surface area contributed by atoms with E-state index in [2.05, 4.69) is 0 Å². The van der Waals surface area contributed by atoms with Crippen LogP contribution in [0.25, 0.3) is 0 Å². The van der Waals surface area contributed by atoms with E-state index in [0.29, 0.717) is 0 Å². The fourth-order valence-corrected chi connectivity index (χ4v) is 1.87. The maximum Gasteiger partial charge on any atom is 0.318 e. The van der Waals surface area contributed by atoms with E-state index in [4.69, 9.17) is 5.11 Å². The third-order valence-electron chi connectivity index (χ3n) is 1.27. The molecule has 0 aliphatic rings. The highest BCUT2D eigenvalue weighted by atomic mass is 32.2. The van der Waals surface area contributed by atoms with Crippen LogP contribution in [-0.4, -0.2) is 25.3 Å². The van der Waals surface area contributed by atoms with Gasteiger partial charge in [0.25, 0.3) is 0 Å². The minimum atomic E-state index is -1.31. The number of aliphatic carboxylic acids is 1. The van der Waals surface area contributed by atoms with E-state index < -0.39 is 26.8 Å². The third-order valence-corrected chi connectivity index (χ3v) is 3.32. The number of hydrogen-bond acceptors (Lipinski definition) is 2. The van der Waals surface area contributed by atoms with Crippen LogP contribution in [-0.2, 0) is 15.6 Å². The minimum Gasteiger partial charge on any atom is -0.480 e. The lowest BCUT2D eigenvalue weighted by Crippen LogP contribution is -2.34. The zero-order valence-electron chi connectivity index (χ0n) is 7.25. The summed E-state index contributed by atoms with van der Waals surface area (Å²) in [5.41, 5.74) is 0. The lowest BCUT2D eigenvalue weighted by molar-refractivity contribution is -0.136. The van der Waals surface area contributed by atoms with E-state index in [0.717, 1.165) is 0 Å². The Hall–Kier alpha value is -0.380. The summed E-state index contributed by atoms with van der Waals surface area (Å²) < 4.78 is 10.9. The molecule has 0 bridgehead atoms. The Balaban J connectivity index is 4.39. The Morgan fingerprint density at radius 2 is 1.82 bits per heavy atom. The molecule has 11 heavy (non-hydrogen) atoms. The van der Waals surface area contributed by atoms with Crippen molar-refractivity contribution < 1.29 is 14.1 Å². The molecule has 0 aromatic carbocycles. The van der Waals surface area contributed by atoms with Gasteiger partial charge in [-0.05, 0) is 27.7 Å². The Kier molecular flexibility index (Phi) is 3.23. The third kappa shape index (κ3) is 3.01. The van der Waals surface area contributed by atoms with Crippen LogP contribution < -0.4 is 0 Å². The SMILES string of the molecule is CC(C(=O)O)S(=O)C(C)(C)C. The van der Waals surface area contributed by atoms with Gasteiger partial charge in [-0.1, -0.05) is 0 Å². The van der Waals surface area contributed by atoms with Crippen LogP contribution in [0.4, 0.5) is 0 Å². The highest BCUT2D eigenvalue weighted by molar-refractivity contribution is 7.87. The average Bonchev–Trinajstić information content (AvgIpc) is 1.82.